The molecule has 0 bridgehead atoms. The van der Waals surface area contributed by atoms with E-state index in [9.17, 15) is 10.2 Å². The lowest BCUT2D eigenvalue weighted by molar-refractivity contribution is 0.474. The van der Waals surface area contributed by atoms with Crippen LogP contribution in [-0.2, 0) is 0 Å². The summed E-state index contributed by atoms with van der Waals surface area (Å²) >= 11 is 5.87. The Morgan fingerprint density at radius 1 is 0.625 bits per heavy atom. The van der Waals surface area contributed by atoms with Gasteiger partial charge < -0.3 is 14.9 Å². The SMILES string of the molecule is Oc1c2ccccc2c(O)c2cc(Oc3ccc(Cl)cc3)ccc12. The van der Waals surface area contributed by atoms with Crippen molar-refractivity contribution in [2.45, 2.75) is 0 Å². The fourth-order valence-corrected chi connectivity index (χ4v) is 2.94. The van der Waals surface area contributed by atoms with Gasteiger partial charge in [0.25, 0.3) is 0 Å². The predicted octanol–water partition coefficient (Wildman–Crippen LogP) is 5.85. The molecule has 0 saturated carbocycles. The molecule has 4 aromatic rings. The molecule has 0 fully saturated rings. The third-order valence-electron chi connectivity index (χ3n) is 3.99. The molecule has 118 valence electrons. The van der Waals surface area contributed by atoms with Crippen LogP contribution in [0, 0.1) is 0 Å². The molecule has 0 heterocycles. The van der Waals surface area contributed by atoms with Crippen molar-refractivity contribution in [1.29, 1.82) is 0 Å². The number of rotatable bonds is 2. The van der Waals surface area contributed by atoms with E-state index in [1.54, 1.807) is 54.6 Å². The minimum absolute atomic E-state index is 0.125. The fraction of sp³-hybridized carbons (Fsp3) is 0. The maximum Gasteiger partial charge on any atom is 0.131 e. The van der Waals surface area contributed by atoms with Crippen LogP contribution >= 0.6 is 11.6 Å². The lowest BCUT2D eigenvalue weighted by Crippen LogP contribution is -1.86. The zero-order chi connectivity index (χ0) is 16.7. The molecular formula is C20H13ClO3. The summed E-state index contributed by atoms with van der Waals surface area (Å²) in [5.74, 6) is 1.48. The molecular weight excluding hydrogens is 324 g/mol. The largest absolute Gasteiger partial charge is 0.507 e. The Bertz CT molecular complexity index is 1060. The van der Waals surface area contributed by atoms with E-state index in [-0.39, 0.29) is 11.5 Å². The highest BCUT2D eigenvalue weighted by Gasteiger charge is 2.13. The van der Waals surface area contributed by atoms with Crippen LogP contribution in [0.1, 0.15) is 0 Å². The van der Waals surface area contributed by atoms with E-state index < -0.39 is 0 Å². The number of fused-ring (bicyclic) bond motifs is 2. The van der Waals surface area contributed by atoms with Crippen molar-refractivity contribution in [3.8, 4) is 23.0 Å². The highest BCUT2D eigenvalue weighted by Crippen LogP contribution is 2.42. The van der Waals surface area contributed by atoms with Gasteiger partial charge in [0.1, 0.15) is 23.0 Å². The number of ether oxygens (including phenoxy) is 1. The Hall–Kier alpha value is -2.91. The summed E-state index contributed by atoms with van der Waals surface area (Å²) in [5, 5.41) is 24.0. The Morgan fingerprint density at radius 2 is 1.17 bits per heavy atom. The normalized spacial score (nSPS) is 11.0. The number of phenols is 2. The average Bonchev–Trinajstić information content (AvgIpc) is 2.62. The second-order valence-electron chi connectivity index (χ2n) is 5.51. The van der Waals surface area contributed by atoms with Gasteiger partial charge >= 0.3 is 0 Å². The van der Waals surface area contributed by atoms with Crippen molar-refractivity contribution >= 4 is 33.1 Å². The highest BCUT2D eigenvalue weighted by atomic mass is 35.5. The van der Waals surface area contributed by atoms with Crippen LogP contribution in [0.2, 0.25) is 5.02 Å². The molecule has 4 aromatic carbocycles. The summed E-state index contributed by atoms with van der Waals surface area (Å²) in [4.78, 5) is 0. The number of phenolic OH excluding ortho intramolecular Hbond substituents is 2. The van der Waals surface area contributed by atoms with Crippen LogP contribution in [0.15, 0.2) is 66.7 Å². The summed E-state index contributed by atoms with van der Waals surface area (Å²) in [5.41, 5.74) is 0. The van der Waals surface area contributed by atoms with E-state index >= 15 is 0 Å². The predicted molar refractivity (Wildman–Crippen MR) is 96.3 cm³/mol. The average molecular weight is 337 g/mol. The summed E-state index contributed by atoms with van der Waals surface area (Å²) < 4.78 is 5.80. The lowest BCUT2D eigenvalue weighted by atomic mass is 10.0. The molecule has 0 aliphatic carbocycles. The molecule has 0 amide bonds. The molecule has 0 aliphatic heterocycles. The molecule has 4 rings (SSSR count). The van der Waals surface area contributed by atoms with Gasteiger partial charge in [0.05, 0.1) is 0 Å². The van der Waals surface area contributed by atoms with Crippen molar-refractivity contribution in [3.63, 3.8) is 0 Å². The van der Waals surface area contributed by atoms with E-state index in [2.05, 4.69) is 0 Å². The van der Waals surface area contributed by atoms with Gasteiger partial charge in [-0.05, 0) is 42.5 Å². The van der Waals surface area contributed by atoms with E-state index in [0.29, 0.717) is 38.1 Å². The molecule has 4 heteroatoms. The Labute approximate surface area is 143 Å². The molecule has 0 atom stereocenters. The third kappa shape index (κ3) is 2.39. The molecule has 0 spiro atoms. The first-order valence-corrected chi connectivity index (χ1v) is 7.81. The number of benzene rings is 4. The zero-order valence-corrected chi connectivity index (χ0v) is 13.3. The zero-order valence-electron chi connectivity index (χ0n) is 12.5. The second-order valence-corrected chi connectivity index (χ2v) is 5.94. The van der Waals surface area contributed by atoms with Crippen molar-refractivity contribution in [2.75, 3.05) is 0 Å². The minimum Gasteiger partial charge on any atom is -0.507 e. The van der Waals surface area contributed by atoms with Crippen LogP contribution in [-0.4, -0.2) is 10.2 Å². The topological polar surface area (TPSA) is 49.7 Å². The summed E-state index contributed by atoms with van der Waals surface area (Å²) in [6.07, 6.45) is 0. The maximum atomic E-state index is 10.6. The van der Waals surface area contributed by atoms with Crippen LogP contribution in [0.3, 0.4) is 0 Å². The van der Waals surface area contributed by atoms with Crippen LogP contribution in [0.25, 0.3) is 21.5 Å². The van der Waals surface area contributed by atoms with Gasteiger partial charge in [-0.2, -0.15) is 0 Å². The Kier molecular flexibility index (Phi) is 3.44. The quantitative estimate of drug-likeness (QED) is 0.356. The maximum absolute atomic E-state index is 10.6. The van der Waals surface area contributed by atoms with Crippen LogP contribution < -0.4 is 4.74 Å². The minimum atomic E-state index is 0.125. The van der Waals surface area contributed by atoms with Crippen molar-refractivity contribution < 1.29 is 14.9 Å². The first-order chi connectivity index (χ1) is 11.6. The van der Waals surface area contributed by atoms with Gasteiger partial charge in [0.15, 0.2) is 0 Å². The number of hydrogen-bond acceptors (Lipinski definition) is 3. The molecule has 0 radical (unpaired) electrons. The van der Waals surface area contributed by atoms with Gasteiger partial charge in [-0.25, -0.2) is 0 Å². The van der Waals surface area contributed by atoms with Gasteiger partial charge in [-0.3, -0.25) is 0 Å². The second kappa shape index (κ2) is 5.62. The van der Waals surface area contributed by atoms with Crippen LogP contribution in [0.4, 0.5) is 0 Å². The monoisotopic (exact) mass is 336 g/mol. The molecule has 0 saturated heterocycles. The Morgan fingerprint density at radius 3 is 1.83 bits per heavy atom. The fourth-order valence-electron chi connectivity index (χ4n) is 2.81. The molecule has 0 aromatic heterocycles. The van der Waals surface area contributed by atoms with Crippen molar-refractivity contribution in [2.24, 2.45) is 0 Å². The summed E-state index contributed by atoms with van der Waals surface area (Å²) in [7, 11) is 0. The van der Waals surface area contributed by atoms with Crippen molar-refractivity contribution in [1.82, 2.24) is 0 Å². The lowest BCUT2D eigenvalue weighted by Gasteiger charge is -2.11. The summed E-state index contributed by atoms with van der Waals surface area (Å²) in [6.45, 7) is 0. The first-order valence-electron chi connectivity index (χ1n) is 7.43. The standard InChI is InChI=1S/C20H13ClO3/c21-12-5-7-13(8-6-12)24-14-9-10-17-18(11-14)20(23)16-4-2-1-3-15(16)19(17)22/h1-11,22-23H. The van der Waals surface area contributed by atoms with Gasteiger partial charge in [-0.1, -0.05) is 35.9 Å². The molecule has 24 heavy (non-hydrogen) atoms. The Balaban J connectivity index is 1.87. The highest BCUT2D eigenvalue weighted by molar-refractivity contribution is 6.30. The third-order valence-corrected chi connectivity index (χ3v) is 4.24. The number of aromatic hydroxyl groups is 2. The van der Waals surface area contributed by atoms with Gasteiger partial charge in [0, 0.05) is 26.6 Å². The van der Waals surface area contributed by atoms with E-state index in [4.69, 9.17) is 16.3 Å². The first kappa shape index (κ1) is 14.7. The van der Waals surface area contributed by atoms with Crippen LogP contribution in [0.5, 0.6) is 23.0 Å². The van der Waals surface area contributed by atoms with Gasteiger partial charge in [-0.15, -0.1) is 0 Å². The van der Waals surface area contributed by atoms with E-state index in [1.807, 2.05) is 12.1 Å². The van der Waals surface area contributed by atoms with E-state index in [1.165, 1.54) is 0 Å². The molecule has 2 N–H and O–H groups in total. The van der Waals surface area contributed by atoms with Gasteiger partial charge in [0.2, 0.25) is 0 Å². The van der Waals surface area contributed by atoms with Crippen molar-refractivity contribution in [3.05, 3.63) is 71.8 Å². The molecule has 0 aliphatic rings. The van der Waals surface area contributed by atoms with E-state index in [0.717, 1.165) is 0 Å². The number of hydrogen-bond donors (Lipinski definition) is 2. The number of halogens is 1. The molecule has 0 unspecified atom stereocenters. The summed E-state index contributed by atoms with van der Waals surface area (Å²) in [6, 6.07) is 19.4. The molecule has 3 nitrogen and oxygen atoms in total. The smallest absolute Gasteiger partial charge is 0.131 e.